The Kier molecular flexibility index (Phi) is 6.87. The van der Waals surface area contributed by atoms with E-state index in [0.717, 1.165) is 44.9 Å². The van der Waals surface area contributed by atoms with Gasteiger partial charge in [-0.1, -0.05) is 33.1 Å². The Bertz CT molecular complexity index is 709. The van der Waals surface area contributed by atoms with E-state index in [1.807, 2.05) is 13.8 Å². The molecule has 4 rings (SSSR count). The van der Waals surface area contributed by atoms with Gasteiger partial charge in [-0.2, -0.15) is 0 Å². The Balaban J connectivity index is 1.65. The number of amides is 3. The maximum absolute atomic E-state index is 13.8. The van der Waals surface area contributed by atoms with Crippen molar-refractivity contribution in [3.8, 4) is 0 Å². The first kappa shape index (κ1) is 22.9. The van der Waals surface area contributed by atoms with Crippen LogP contribution in [0, 0.1) is 11.8 Å². The number of likely N-dealkylation sites (tertiary alicyclic amines) is 1. The molecule has 4 fully saturated rings. The summed E-state index contributed by atoms with van der Waals surface area (Å²) in [4.78, 5) is 42.2. The van der Waals surface area contributed by atoms with Crippen molar-refractivity contribution in [2.45, 2.75) is 99.8 Å². The predicted octanol–water partition coefficient (Wildman–Crippen LogP) is 1.82. The monoisotopic (exact) mass is 451 g/mol. The highest BCUT2D eigenvalue weighted by Crippen LogP contribution is 2.66. The van der Waals surface area contributed by atoms with E-state index in [-0.39, 0.29) is 41.5 Å². The molecule has 3 N–H and O–H groups in total. The zero-order valence-corrected chi connectivity index (χ0v) is 19.6. The van der Waals surface area contributed by atoms with Crippen molar-refractivity contribution in [3.63, 3.8) is 0 Å². The van der Waals surface area contributed by atoms with E-state index in [2.05, 4.69) is 10.6 Å². The lowest BCUT2D eigenvalue weighted by molar-refractivity contribution is -0.143. The van der Waals surface area contributed by atoms with Crippen LogP contribution in [-0.2, 0) is 14.4 Å². The molecule has 4 aliphatic rings. The molecule has 3 aliphatic heterocycles. The van der Waals surface area contributed by atoms with Gasteiger partial charge >= 0.3 is 0 Å². The van der Waals surface area contributed by atoms with E-state index in [1.165, 1.54) is 6.42 Å². The second-order valence-corrected chi connectivity index (χ2v) is 11.3. The van der Waals surface area contributed by atoms with Crippen molar-refractivity contribution in [1.82, 2.24) is 15.5 Å². The minimum Gasteiger partial charge on any atom is -0.394 e. The van der Waals surface area contributed by atoms with Crippen molar-refractivity contribution in [2.75, 3.05) is 13.2 Å². The number of nitrogens with zero attached hydrogens (tertiary/aromatic N) is 1. The first-order valence-electron chi connectivity index (χ1n) is 12.2. The standard InChI is InChI=1S/C23H37N3O4S/c1-3-12-24-20(28)17-16-10-11-23(31-16)18(17)22(30)26(15(4-2)13-27)19(23)21(29)25-14-8-6-5-7-9-14/h14-19,27H,3-13H2,1-2H3,(H,24,28)(H,25,29)/t15-,16+,17-,18-,19?,23?/m0/s1. The summed E-state index contributed by atoms with van der Waals surface area (Å²) in [6.07, 6.45) is 8.48. The molecule has 0 aromatic heterocycles. The summed E-state index contributed by atoms with van der Waals surface area (Å²) in [5, 5.41) is 16.4. The summed E-state index contributed by atoms with van der Waals surface area (Å²) in [6.45, 7) is 4.38. The van der Waals surface area contributed by atoms with E-state index in [9.17, 15) is 19.5 Å². The normalized spacial score (nSPS) is 35.8. The minimum atomic E-state index is -0.608. The molecule has 3 saturated heterocycles. The van der Waals surface area contributed by atoms with Crippen LogP contribution in [-0.4, -0.2) is 69.0 Å². The molecule has 1 spiro atoms. The number of fused-ring (bicyclic) bond motifs is 1. The zero-order valence-electron chi connectivity index (χ0n) is 18.8. The van der Waals surface area contributed by atoms with Gasteiger partial charge in [-0.15, -0.1) is 11.8 Å². The number of carbonyl (C=O) groups is 3. The Morgan fingerprint density at radius 1 is 1.19 bits per heavy atom. The molecule has 2 unspecified atom stereocenters. The largest absolute Gasteiger partial charge is 0.394 e. The third-order valence-corrected chi connectivity index (χ3v) is 9.82. The number of nitrogens with one attached hydrogen (secondary N) is 2. The lowest BCUT2D eigenvalue weighted by atomic mass is 9.70. The Morgan fingerprint density at radius 3 is 2.58 bits per heavy atom. The fourth-order valence-electron chi connectivity index (χ4n) is 6.39. The average molecular weight is 452 g/mol. The Hall–Kier alpha value is -1.28. The maximum atomic E-state index is 13.8. The third-order valence-electron chi connectivity index (χ3n) is 7.87. The second kappa shape index (κ2) is 9.30. The minimum absolute atomic E-state index is 0.0513. The summed E-state index contributed by atoms with van der Waals surface area (Å²) >= 11 is 1.70. The predicted molar refractivity (Wildman–Crippen MR) is 120 cm³/mol. The van der Waals surface area contributed by atoms with E-state index in [1.54, 1.807) is 16.7 Å². The molecule has 0 aromatic rings. The molecule has 1 aliphatic carbocycles. The number of rotatable bonds is 8. The van der Waals surface area contributed by atoms with Gasteiger partial charge in [0.2, 0.25) is 17.7 Å². The molecular weight excluding hydrogens is 414 g/mol. The number of aliphatic hydroxyl groups excluding tert-OH is 1. The van der Waals surface area contributed by atoms with Crippen LogP contribution in [0.1, 0.15) is 71.6 Å². The van der Waals surface area contributed by atoms with Crippen LogP contribution in [0.15, 0.2) is 0 Å². The first-order chi connectivity index (χ1) is 15.0. The summed E-state index contributed by atoms with van der Waals surface area (Å²) in [7, 11) is 0. The Morgan fingerprint density at radius 2 is 1.94 bits per heavy atom. The molecular formula is C23H37N3O4S. The van der Waals surface area contributed by atoms with E-state index in [4.69, 9.17) is 0 Å². The highest BCUT2D eigenvalue weighted by atomic mass is 32.2. The van der Waals surface area contributed by atoms with Gasteiger partial charge in [0.1, 0.15) is 6.04 Å². The number of hydrogen-bond acceptors (Lipinski definition) is 5. The topological polar surface area (TPSA) is 98.7 Å². The number of carbonyl (C=O) groups excluding carboxylic acids is 3. The van der Waals surface area contributed by atoms with Gasteiger partial charge in [-0.05, 0) is 38.5 Å². The highest BCUT2D eigenvalue weighted by Gasteiger charge is 2.74. The van der Waals surface area contributed by atoms with Crippen LogP contribution in [0.3, 0.4) is 0 Å². The quantitative estimate of drug-likeness (QED) is 0.523. The summed E-state index contributed by atoms with van der Waals surface area (Å²) in [6, 6.07) is -0.841. The lowest BCUT2D eigenvalue weighted by Crippen LogP contribution is -2.58. The van der Waals surface area contributed by atoms with E-state index >= 15 is 0 Å². The first-order valence-corrected chi connectivity index (χ1v) is 13.0. The molecule has 7 nitrogen and oxygen atoms in total. The molecule has 0 radical (unpaired) electrons. The fraction of sp³-hybridized carbons (Fsp3) is 0.870. The number of hydrogen-bond donors (Lipinski definition) is 3. The van der Waals surface area contributed by atoms with Gasteiger partial charge in [0.15, 0.2) is 0 Å². The van der Waals surface area contributed by atoms with Crippen molar-refractivity contribution >= 4 is 29.5 Å². The number of thioether (sulfide) groups is 1. The van der Waals surface area contributed by atoms with E-state index < -0.39 is 22.7 Å². The summed E-state index contributed by atoms with van der Waals surface area (Å²) < 4.78 is -0.558. The van der Waals surface area contributed by atoms with Crippen molar-refractivity contribution in [2.24, 2.45) is 11.8 Å². The smallest absolute Gasteiger partial charge is 0.244 e. The van der Waals surface area contributed by atoms with Gasteiger partial charge in [0.25, 0.3) is 0 Å². The second-order valence-electron chi connectivity index (χ2n) is 9.68. The van der Waals surface area contributed by atoms with Gasteiger partial charge in [0.05, 0.1) is 29.2 Å². The van der Waals surface area contributed by atoms with Crippen molar-refractivity contribution < 1.29 is 19.5 Å². The summed E-state index contributed by atoms with van der Waals surface area (Å²) in [5.74, 6) is -1.11. The number of aliphatic hydroxyl groups is 1. The van der Waals surface area contributed by atoms with Crippen LogP contribution < -0.4 is 10.6 Å². The molecule has 0 aromatic carbocycles. The molecule has 3 amide bonds. The molecule has 2 bridgehead atoms. The highest BCUT2D eigenvalue weighted by molar-refractivity contribution is 8.02. The molecule has 1 saturated carbocycles. The van der Waals surface area contributed by atoms with Crippen LogP contribution >= 0.6 is 11.8 Å². The third kappa shape index (κ3) is 3.77. The maximum Gasteiger partial charge on any atom is 0.244 e. The van der Waals surface area contributed by atoms with Crippen LogP contribution in [0.5, 0.6) is 0 Å². The van der Waals surface area contributed by atoms with E-state index in [0.29, 0.717) is 13.0 Å². The van der Waals surface area contributed by atoms with Gasteiger partial charge in [-0.3, -0.25) is 14.4 Å². The van der Waals surface area contributed by atoms with Gasteiger partial charge < -0.3 is 20.6 Å². The van der Waals surface area contributed by atoms with Crippen molar-refractivity contribution in [3.05, 3.63) is 0 Å². The molecule has 174 valence electrons. The van der Waals surface area contributed by atoms with Crippen LogP contribution in [0.2, 0.25) is 0 Å². The average Bonchev–Trinajstić information content (AvgIpc) is 3.41. The fourth-order valence-corrected chi connectivity index (χ4v) is 8.60. The summed E-state index contributed by atoms with van der Waals surface area (Å²) in [5.41, 5.74) is 0. The zero-order chi connectivity index (χ0) is 22.2. The molecule has 31 heavy (non-hydrogen) atoms. The van der Waals surface area contributed by atoms with Crippen LogP contribution in [0.4, 0.5) is 0 Å². The van der Waals surface area contributed by atoms with Crippen LogP contribution in [0.25, 0.3) is 0 Å². The SMILES string of the molecule is CCCNC(=O)[C@@H]1[C@H]2C(=O)N([C@@H](CC)CO)C(C(=O)NC3CCCCC3)C23CC[C@H]1S3. The van der Waals surface area contributed by atoms with Gasteiger partial charge in [-0.25, -0.2) is 0 Å². The van der Waals surface area contributed by atoms with Gasteiger partial charge in [0, 0.05) is 17.8 Å². The molecule has 3 heterocycles. The van der Waals surface area contributed by atoms with Crippen molar-refractivity contribution in [1.29, 1.82) is 0 Å². The Labute approximate surface area is 189 Å². The molecule has 6 atom stereocenters. The lowest BCUT2D eigenvalue weighted by Gasteiger charge is -2.38. The molecule has 8 heteroatoms.